The number of nitrogens with two attached hydrogens (primary N) is 1. The Hall–Kier alpha value is -4.52. The van der Waals surface area contributed by atoms with Gasteiger partial charge in [-0.1, -0.05) is 0 Å². The van der Waals surface area contributed by atoms with E-state index in [0.29, 0.717) is 13.0 Å². The van der Waals surface area contributed by atoms with Gasteiger partial charge in [0.05, 0.1) is 33.7 Å². The molecule has 2 unspecified atom stereocenters. The number of rotatable bonds is 17. The fraction of sp³-hybridized carbons (Fsp3) is 0.406. The lowest BCUT2D eigenvalue weighted by Crippen LogP contribution is -2.41. The van der Waals surface area contributed by atoms with Gasteiger partial charge in [0.25, 0.3) is 0 Å². The average Bonchev–Trinajstić information content (AvgIpc) is 3.73. The summed E-state index contributed by atoms with van der Waals surface area (Å²) in [5.41, 5.74) is 8.85. The molecule has 25 nitrogen and oxygen atoms in total. The normalized spacial score (nSPS) is 20.0. The molecule has 2 aliphatic heterocycles. The van der Waals surface area contributed by atoms with E-state index in [1.54, 1.807) is 11.3 Å². The number of aliphatic hydroxyl groups excluding tert-OH is 1. The maximum atomic E-state index is 12.9. The van der Waals surface area contributed by atoms with Gasteiger partial charge < -0.3 is 55.4 Å². The maximum absolute atomic E-state index is 12.9. The minimum Gasteiger partial charge on any atom is -0.439 e. The summed E-state index contributed by atoms with van der Waals surface area (Å²) in [7, 11) is -11.2. The molecule has 1 fully saturated rings. The Morgan fingerprint density at radius 2 is 1.77 bits per heavy atom. The molecular weight excluding hydrogens is 889 g/mol. The lowest BCUT2D eigenvalue weighted by molar-refractivity contribution is -0.121. The van der Waals surface area contributed by atoms with E-state index in [2.05, 4.69) is 50.9 Å². The van der Waals surface area contributed by atoms with Gasteiger partial charge in [0, 0.05) is 50.9 Å². The highest BCUT2D eigenvalue weighted by Crippen LogP contribution is 2.66. The molecule has 1 saturated heterocycles. The first-order valence-corrected chi connectivity index (χ1v) is 23.3. The van der Waals surface area contributed by atoms with Crippen LogP contribution in [0.2, 0.25) is 0 Å². The van der Waals surface area contributed by atoms with E-state index in [4.69, 9.17) is 30.0 Å². The molecule has 2 aromatic heterocycles. The van der Waals surface area contributed by atoms with Crippen molar-refractivity contribution < 1.29 is 70.6 Å². The molecule has 6 rings (SSSR count). The zero-order chi connectivity index (χ0) is 44.3. The van der Waals surface area contributed by atoms with Crippen molar-refractivity contribution in [2.24, 2.45) is 0 Å². The van der Waals surface area contributed by atoms with Crippen molar-refractivity contribution in [1.82, 2.24) is 39.7 Å². The molecule has 4 heterocycles. The Kier molecular flexibility index (Phi) is 14.2. The number of benzene rings is 2. The first-order chi connectivity index (χ1) is 28.7. The number of anilines is 2. The summed E-state index contributed by atoms with van der Waals surface area (Å²) in [6.07, 6.45) is -4.51. The first-order valence-electron chi connectivity index (χ1n) is 18.0. The van der Waals surface area contributed by atoms with Crippen LogP contribution in [0.5, 0.6) is 0 Å². The first kappa shape index (κ1) is 46.0. The largest absolute Gasteiger partial charge is 0.490 e. The highest BCUT2D eigenvalue weighted by molar-refractivity contribution is 7.66. The summed E-state index contributed by atoms with van der Waals surface area (Å²) >= 11 is 1.66. The number of phosphoric ester groups is 1. The second-order valence-electron chi connectivity index (χ2n) is 13.6. The quantitative estimate of drug-likeness (QED) is 0.0278. The van der Waals surface area contributed by atoms with Gasteiger partial charge in [0.2, 0.25) is 11.3 Å². The van der Waals surface area contributed by atoms with E-state index in [9.17, 15) is 38.2 Å². The smallest absolute Gasteiger partial charge is 0.439 e. The lowest BCUT2D eigenvalue weighted by Gasteiger charge is -2.22. The van der Waals surface area contributed by atoms with Gasteiger partial charge in [0.15, 0.2) is 23.8 Å². The van der Waals surface area contributed by atoms with E-state index >= 15 is 0 Å². The Morgan fingerprint density at radius 1 is 1.02 bits per heavy atom. The topological polar surface area (TPSA) is 345 Å². The number of fused-ring (bicyclic) bond motifs is 3. The van der Waals surface area contributed by atoms with Crippen LogP contribution in [-0.2, 0) is 41.1 Å². The maximum Gasteiger partial charge on any atom is 0.490 e. The van der Waals surface area contributed by atoms with Crippen molar-refractivity contribution >= 4 is 79.7 Å². The van der Waals surface area contributed by atoms with Crippen molar-refractivity contribution in [2.45, 2.75) is 37.4 Å². The molecular formula is C32H42N10O15P3S+. The third-order valence-corrected chi connectivity index (χ3v) is 13.9. The Bertz CT molecular complexity index is 2610. The molecule has 0 saturated carbocycles. The second-order valence-corrected chi connectivity index (χ2v) is 19.1. The molecule has 1 aromatic carbocycles. The Morgan fingerprint density at radius 3 is 2.51 bits per heavy atom. The molecule has 1 aliphatic carbocycles. The van der Waals surface area contributed by atoms with Crippen LogP contribution in [-0.4, -0.2) is 127 Å². The number of nitrogens with one attached hydrogen (secondary N) is 2. The van der Waals surface area contributed by atoms with Crippen LogP contribution in [0.4, 0.5) is 16.3 Å². The predicted molar refractivity (Wildman–Crippen MR) is 217 cm³/mol. The number of hydrogen-bond donors (Lipinski definition) is 8. The molecule has 6 atom stereocenters. The number of imidazole rings is 1. The number of aromatic nitrogens is 5. The Labute approximate surface area is 349 Å². The van der Waals surface area contributed by atoms with Crippen LogP contribution in [0, 0.1) is 0 Å². The van der Waals surface area contributed by atoms with Crippen molar-refractivity contribution in [3.8, 4) is 10.6 Å². The SMILES string of the molecule is CN(CCCC(=O)NCCNC(=O)O[C@@H]1[C@H](O)[C@@H](COP(=O)(O)OP(=O)(O)OP(=O)(O)O)O[C@H]1n1cnc2c(N)ncnc21)c1ccc2nc3ccc(=[N+](C)C)cc-3sc2c1. The predicted octanol–water partition coefficient (Wildman–Crippen LogP) is 0.884. The molecule has 29 heteroatoms. The van der Waals surface area contributed by atoms with E-state index in [1.807, 2.05) is 54.9 Å². The lowest BCUT2D eigenvalue weighted by atomic mass is 10.1. The third kappa shape index (κ3) is 11.9. The molecule has 330 valence electrons. The number of carbonyl (C=O) groups excluding carboxylic acids is 2. The zero-order valence-electron chi connectivity index (χ0n) is 32.4. The van der Waals surface area contributed by atoms with Crippen LogP contribution >= 0.6 is 34.8 Å². The zero-order valence-corrected chi connectivity index (χ0v) is 35.9. The number of amides is 2. The van der Waals surface area contributed by atoms with Crippen molar-refractivity contribution in [3.05, 3.63) is 54.4 Å². The Balaban J connectivity index is 0.997. The number of aliphatic hydroxyl groups is 1. The molecule has 0 spiro atoms. The average molecular weight is 932 g/mol. The molecule has 3 aromatic rings. The number of hydrogen-bond acceptors (Lipinski definition) is 18. The number of carbonyl (C=O) groups is 2. The molecule has 9 N–H and O–H groups in total. The second kappa shape index (κ2) is 18.8. The van der Waals surface area contributed by atoms with Gasteiger partial charge in [-0.2, -0.15) is 8.62 Å². The summed E-state index contributed by atoms with van der Waals surface area (Å²) in [4.78, 5) is 82.4. The highest BCUT2D eigenvalue weighted by Gasteiger charge is 2.49. The number of nitrogen functional groups attached to an aromatic ring is 1. The van der Waals surface area contributed by atoms with E-state index in [1.165, 1.54) is 10.9 Å². The van der Waals surface area contributed by atoms with Crippen LogP contribution in [0.1, 0.15) is 19.1 Å². The summed E-state index contributed by atoms with van der Waals surface area (Å²) in [5, 5.41) is 17.4. The van der Waals surface area contributed by atoms with Gasteiger partial charge >= 0.3 is 29.6 Å². The van der Waals surface area contributed by atoms with Gasteiger partial charge in [-0.05, 0) is 30.7 Å². The summed E-state index contributed by atoms with van der Waals surface area (Å²) in [6.45, 7) is -0.558. The van der Waals surface area contributed by atoms with Crippen LogP contribution < -0.4 is 31.2 Å². The number of ether oxygens (including phenoxy) is 2. The van der Waals surface area contributed by atoms with Gasteiger partial charge in [0.1, 0.15) is 38.1 Å². The summed E-state index contributed by atoms with van der Waals surface area (Å²) < 4.78 is 62.6. The van der Waals surface area contributed by atoms with E-state index < -0.39 is 60.7 Å². The van der Waals surface area contributed by atoms with Crippen molar-refractivity contribution in [3.63, 3.8) is 0 Å². The standard InChI is InChI=1S/C32H41N10O15P3S/c1-40(2)18-6-8-20-23(13-18)61-24-14-19(7-9-21(24)39-20)41(3)12-4-5-25(43)34-10-11-35-32(45)55-28-27(44)22(15-53-59(49,50)57-60(51,52)56-58(46,47)48)54-31(28)42-17-38-26-29(33)36-16-37-30(26)42/h6-9,13-14,16-17,22,27-28,31,44H,4-5,10-12,15H2,1-3H3,(H7-,33,34,35,36,37,43,45,46,47,48,49,50,51,52)/p+1/t22-,27-,28-,31-/m1/s1. The molecule has 61 heavy (non-hydrogen) atoms. The van der Waals surface area contributed by atoms with Crippen molar-refractivity contribution in [1.29, 1.82) is 0 Å². The molecule has 3 aliphatic rings. The van der Waals surface area contributed by atoms with E-state index in [0.717, 1.165) is 38.2 Å². The number of alkyl carbamates (subject to hydrolysis) is 1. The van der Waals surface area contributed by atoms with Gasteiger partial charge in [-0.3, -0.25) is 13.9 Å². The summed E-state index contributed by atoms with van der Waals surface area (Å²) in [5.74, 6) is -0.282. The minimum absolute atomic E-state index is 0.0184. The molecule has 2 amide bonds. The van der Waals surface area contributed by atoms with Crippen LogP contribution in [0.25, 0.3) is 32.0 Å². The minimum atomic E-state index is -5.84. The fourth-order valence-electron chi connectivity index (χ4n) is 6.08. The third-order valence-electron chi connectivity index (χ3n) is 8.95. The van der Waals surface area contributed by atoms with Gasteiger partial charge in [-0.25, -0.2) is 43.0 Å². The summed E-state index contributed by atoms with van der Waals surface area (Å²) in [6, 6.07) is 12.2. The van der Waals surface area contributed by atoms with Crippen LogP contribution in [0.15, 0.2) is 49.1 Å². The molecule has 0 radical (unpaired) electrons. The van der Waals surface area contributed by atoms with Crippen LogP contribution in [0.3, 0.4) is 0 Å². The van der Waals surface area contributed by atoms with E-state index in [-0.39, 0.29) is 42.4 Å². The monoisotopic (exact) mass is 931 g/mol. The fourth-order valence-corrected chi connectivity index (χ4v) is 10.1. The molecule has 0 bridgehead atoms. The number of nitrogens with zero attached hydrogens (tertiary/aromatic N) is 7. The highest BCUT2D eigenvalue weighted by atomic mass is 32.1. The number of phosphoric acid groups is 3. The van der Waals surface area contributed by atoms with Gasteiger partial charge in [-0.15, -0.1) is 11.3 Å². The van der Waals surface area contributed by atoms with Crippen molar-refractivity contribution in [2.75, 3.05) is 58.0 Å².